The van der Waals surface area contributed by atoms with Gasteiger partial charge in [0, 0.05) is 6.20 Å². The minimum atomic E-state index is -1.02. The lowest BCUT2D eigenvalue weighted by atomic mass is 10.1. The molecule has 0 unspecified atom stereocenters. The molecule has 0 saturated heterocycles. The topological polar surface area (TPSA) is 59.4 Å². The van der Waals surface area contributed by atoms with E-state index < -0.39 is 11.8 Å². The highest BCUT2D eigenvalue weighted by Crippen LogP contribution is 2.29. The maximum Gasteiger partial charge on any atom is 0.335 e. The second-order valence-electron chi connectivity index (χ2n) is 4.39. The third-order valence-corrected chi connectivity index (χ3v) is 3.02. The van der Waals surface area contributed by atoms with Crippen molar-refractivity contribution in [2.75, 3.05) is 0 Å². The summed E-state index contributed by atoms with van der Waals surface area (Å²) in [7, 11) is 0. The zero-order valence-corrected chi connectivity index (χ0v) is 10.8. The molecule has 0 aliphatic heterocycles. The average molecular weight is 283 g/mol. The fourth-order valence-corrected chi connectivity index (χ4v) is 2.01. The lowest BCUT2D eigenvalue weighted by Crippen LogP contribution is -1.96. The smallest absolute Gasteiger partial charge is 0.335 e. The fraction of sp³-hybridized carbons (Fsp3) is 0. The van der Waals surface area contributed by atoms with Crippen molar-refractivity contribution < 1.29 is 19.0 Å². The van der Waals surface area contributed by atoms with Gasteiger partial charge in [-0.25, -0.2) is 14.2 Å². The third-order valence-electron chi connectivity index (χ3n) is 3.02. The van der Waals surface area contributed by atoms with E-state index in [1.165, 1.54) is 36.5 Å². The van der Waals surface area contributed by atoms with Crippen LogP contribution in [-0.4, -0.2) is 16.1 Å². The van der Waals surface area contributed by atoms with Crippen molar-refractivity contribution in [2.45, 2.75) is 0 Å². The van der Waals surface area contributed by atoms with Crippen LogP contribution in [-0.2, 0) is 0 Å². The van der Waals surface area contributed by atoms with Crippen molar-refractivity contribution >= 4 is 16.7 Å². The quantitative estimate of drug-likeness (QED) is 0.792. The molecule has 4 nitrogen and oxygen atoms in total. The molecule has 1 N–H and O–H groups in total. The molecule has 3 aromatic rings. The Morgan fingerprint density at radius 2 is 1.86 bits per heavy atom. The number of carboxylic acids is 1. The van der Waals surface area contributed by atoms with Crippen LogP contribution in [0.15, 0.2) is 54.7 Å². The third kappa shape index (κ3) is 2.53. The number of aromatic nitrogens is 1. The summed E-state index contributed by atoms with van der Waals surface area (Å²) in [5.41, 5.74) is 0.152. The number of carboxylic acid groups (broad SMARTS) is 1. The normalized spacial score (nSPS) is 10.5. The molecule has 0 radical (unpaired) electrons. The molecular weight excluding hydrogens is 273 g/mol. The molecule has 0 atom stereocenters. The number of nitrogens with zero attached hydrogens (tertiary/aromatic N) is 1. The lowest BCUT2D eigenvalue weighted by Gasteiger charge is -2.08. The Bertz CT molecular complexity index is 810. The second-order valence-corrected chi connectivity index (χ2v) is 4.39. The lowest BCUT2D eigenvalue weighted by molar-refractivity contribution is 0.0697. The van der Waals surface area contributed by atoms with E-state index in [2.05, 4.69) is 4.98 Å². The SMILES string of the molecule is O=C(O)c1ccc(Oc2nccc3cccc(F)c23)cc1. The van der Waals surface area contributed by atoms with E-state index in [1.54, 1.807) is 18.2 Å². The first-order chi connectivity index (χ1) is 10.1. The summed E-state index contributed by atoms with van der Waals surface area (Å²) in [6.45, 7) is 0. The minimum Gasteiger partial charge on any atom is -0.478 e. The van der Waals surface area contributed by atoms with Crippen LogP contribution in [0.1, 0.15) is 10.4 Å². The molecule has 1 heterocycles. The summed E-state index contributed by atoms with van der Waals surface area (Å²) in [5.74, 6) is -0.898. The number of hydrogen-bond acceptors (Lipinski definition) is 3. The van der Waals surface area contributed by atoms with E-state index in [1.807, 2.05) is 0 Å². The first-order valence-corrected chi connectivity index (χ1v) is 6.19. The Hall–Kier alpha value is -2.95. The van der Waals surface area contributed by atoms with Crippen molar-refractivity contribution in [3.63, 3.8) is 0 Å². The Morgan fingerprint density at radius 3 is 2.57 bits per heavy atom. The van der Waals surface area contributed by atoms with Gasteiger partial charge in [-0.15, -0.1) is 0 Å². The number of hydrogen-bond donors (Lipinski definition) is 1. The van der Waals surface area contributed by atoms with E-state index in [4.69, 9.17) is 9.84 Å². The highest BCUT2D eigenvalue weighted by Gasteiger charge is 2.10. The molecule has 0 amide bonds. The molecule has 5 heteroatoms. The Kier molecular flexibility index (Phi) is 3.23. The van der Waals surface area contributed by atoms with Crippen LogP contribution in [0.4, 0.5) is 4.39 Å². The van der Waals surface area contributed by atoms with Crippen LogP contribution in [0.25, 0.3) is 10.8 Å². The van der Waals surface area contributed by atoms with Crippen LogP contribution in [0.3, 0.4) is 0 Å². The van der Waals surface area contributed by atoms with Gasteiger partial charge in [0.2, 0.25) is 5.88 Å². The predicted octanol–water partition coefficient (Wildman–Crippen LogP) is 3.86. The molecule has 0 bridgehead atoms. The van der Waals surface area contributed by atoms with Gasteiger partial charge in [-0.1, -0.05) is 12.1 Å². The maximum absolute atomic E-state index is 13.9. The van der Waals surface area contributed by atoms with Crippen molar-refractivity contribution in [3.8, 4) is 11.6 Å². The summed E-state index contributed by atoms with van der Waals surface area (Å²) < 4.78 is 19.5. The van der Waals surface area contributed by atoms with Crippen LogP contribution >= 0.6 is 0 Å². The monoisotopic (exact) mass is 283 g/mol. The number of pyridine rings is 1. The Labute approximate surface area is 119 Å². The Morgan fingerprint density at radius 1 is 1.10 bits per heavy atom. The molecule has 2 aromatic carbocycles. The first kappa shape index (κ1) is 13.1. The maximum atomic E-state index is 13.9. The summed E-state index contributed by atoms with van der Waals surface area (Å²) in [6.07, 6.45) is 1.53. The molecule has 0 aliphatic rings. The zero-order chi connectivity index (χ0) is 14.8. The molecule has 3 rings (SSSR count). The summed E-state index contributed by atoms with van der Waals surface area (Å²) >= 11 is 0. The van der Waals surface area contributed by atoms with Gasteiger partial charge in [0.25, 0.3) is 0 Å². The van der Waals surface area contributed by atoms with E-state index in [9.17, 15) is 9.18 Å². The second kappa shape index (κ2) is 5.20. The summed E-state index contributed by atoms with van der Waals surface area (Å²) in [6, 6.07) is 12.3. The van der Waals surface area contributed by atoms with E-state index in [0.717, 1.165) is 0 Å². The van der Waals surface area contributed by atoms with Crippen molar-refractivity contribution in [2.24, 2.45) is 0 Å². The van der Waals surface area contributed by atoms with Gasteiger partial charge in [0.05, 0.1) is 10.9 Å². The van der Waals surface area contributed by atoms with E-state index >= 15 is 0 Å². The molecule has 0 fully saturated rings. The summed E-state index contributed by atoms with van der Waals surface area (Å²) in [5, 5.41) is 9.82. The fourth-order valence-electron chi connectivity index (χ4n) is 2.01. The van der Waals surface area contributed by atoms with Crippen molar-refractivity contribution in [1.82, 2.24) is 4.98 Å². The number of ether oxygens (including phenoxy) is 1. The van der Waals surface area contributed by atoms with Gasteiger partial charge in [0.15, 0.2) is 0 Å². The molecule has 1 aromatic heterocycles. The largest absolute Gasteiger partial charge is 0.478 e. The first-order valence-electron chi connectivity index (χ1n) is 6.19. The number of fused-ring (bicyclic) bond motifs is 1. The van der Waals surface area contributed by atoms with Crippen LogP contribution in [0.5, 0.6) is 11.6 Å². The zero-order valence-electron chi connectivity index (χ0n) is 10.8. The standard InChI is InChI=1S/C16H10FNO3/c17-13-3-1-2-10-8-9-18-15(14(10)13)21-12-6-4-11(5-7-12)16(19)20/h1-9H,(H,19,20). The number of benzene rings is 2. The number of rotatable bonds is 3. The predicted molar refractivity (Wildman–Crippen MR) is 75.2 cm³/mol. The number of aromatic carboxylic acids is 1. The molecule has 0 saturated carbocycles. The van der Waals surface area contributed by atoms with Crippen LogP contribution < -0.4 is 4.74 Å². The van der Waals surface area contributed by atoms with E-state index in [0.29, 0.717) is 16.5 Å². The molecular formula is C16H10FNO3. The van der Waals surface area contributed by atoms with Gasteiger partial charge in [0.1, 0.15) is 11.6 Å². The van der Waals surface area contributed by atoms with Gasteiger partial charge >= 0.3 is 5.97 Å². The van der Waals surface area contributed by atoms with Crippen molar-refractivity contribution in [3.05, 3.63) is 66.1 Å². The van der Waals surface area contributed by atoms with Crippen LogP contribution in [0.2, 0.25) is 0 Å². The van der Waals surface area contributed by atoms with Crippen molar-refractivity contribution in [1.29, 1.82) is 0 Å². The van der Waals surface area contributed by atoms with Crippen LogP contribution in [0, 0.1) is 5.82 Å². The van der Waals surface area contributed by atoms with Gasteiger partial charge in [-0.3, -0.25) is 0 Å². The number of carbonyl (C=O) groups is 1. The highest BCUT2D eigenvalue weighted by molar-refractivity contribution is 5.88. The minimum absolute atomic E-state index is 0.147. The average Bonchev–Trinajstić information content (AvgIpc) is 2.48. The number of halogens is 1. The molecule has 104 valence electrons. The van der Waals surface area contributed by atoms with E-state index in [-0.39, 0.29) is 11.4 Å². The molecule has 0 spiro atoms. The van der Waals surface area contributed by atoms with Gasteiger partial charge < -0.3 is 9.84 Å². The Balaban J connectivity index is 2.00. The summed E-state index contributed by atoms with van der Waals surface area (Å²) in [4.78, 5) is 14.8. The molecule has 21 heavy (non-hydrogen) atoms. The van der Waals surface area contributed by atoms with Gasteiger partial charge in [-0.05, 0) is 41.8 Å². The van der Waals surface area contributed by atoms with Gasteiger partial charge in [-0.2, -0.15) is 0 Å². The molecule has 0 aliphatic carbocycles. The highest BCUT2D eigenvalue weighted by atomic mass is 19.1.